The molecule has 3 N–H and O–H groups in total. The zero-order valence-electron chi connectivity index (χ0n) is 15.3. The highest BCUT2D eigenvalue weighted by molar-refractivity contribution is 6.00. The van der Waals surface area contributed by atoms with Crippen LogP contribution in [0.15, 0.2) is 12.1 Å². The Balaban J connectivity index is 2.18. The number of methoxy groups -OCH3 is 2. The maximum absolute atomic E-state index is 12.6. The third kappa shape index (κ3) is 4.15. The number of nitrogens with zero attached hydrogens (tertiary/aromatic N) is 1. The average molecular weight is 349 g/mol. The standard InChI is InChI=1S/C18H27N3O4/c1-11-6-5-7-12(2)21(11)17(22)10-20-14-9-16(25-4)15(24-3)8-13(14)18(19)23/h8-9,11-12,20H,5-7,10H2,1-4H3,(H2,19,23)/t11-,12-/m1/s1. The lowest BCUT2D eigenvalue weighted by Gasteiger charge is -2.39. The van der Waals surface area contributed by atoms with Gasteiger partial charge in [-0.1, -0.05) is 0 Å². The van der Waals surface area contributed by atoms with E-state index < -0.39 is 5.91 Å². The molecule has 138 valence electrons. The molecule has 1 heterocycles. The topological polar surface area (TPSA) is 93.9 Å². The van der Waals surface area contributed by atoms with Crippen LogP contribution in [0.2, 0.25) is 0 Å². The molecule has 1 saturated heterocycles. The molecule has 1 aliphatic rings. The first-order valence-electron chi connectivity index (χ1n) is 8.49. The van der Waals surface area contributed by atoms with Crippen molar-refractivity contribution in [3.8, 4) is 11.5 Å². The van der Waals surface area contributed by atoms with Crippen LogP contribution in [0, 0.1) is 0 Å². The maximum Gasteiger partial charge on any atom is 0.250 e. The Bertz CT molecular complexity index is 637. The van der Waals surface area contributed by atoms with Crippen LogP contribution >= 0.6 is 0 Å². The first-order valence-corrected chi connectivity index (χ1v) is 8.49. The molecule has 7 nitrogen and oxygen atoms in total. The summed E-state index contributed by atoms with van der Waals surface area (Å²) in [6.45, 7) is 4.22. The van der Waals surface area contributed by atoms with Crippen LogP contribution in [0.3, 0.4) is 0 Å². The molecule has 0 radical (unpaired) electrons. The van der Waals surface area contributed by atoms with Gasteiger partial charge in [0.05, 0.1) is 32.0 Å². The Morgan fingerprint density at radius 3 is 2.24 bits per heavy atom. The molecule has 7 heteroatoms. The van der Waals surface area contributed by atoms with Gasteiger partial charge < -0.3 is 25.4 Å². The Labute approximate surface area is 148 Å². The van der Waals surface area contributed by atoms with E-state index in [2.05, 4.69) is 19.2 Å². The fourth-order valence-electron chi connectivity index (χ4n) is 3.40. The molecule has 0 aromatic heterocycles. The molecule has 0 unspecified atom stereocenters. The van der Waals surface area contributed by atoms with E-state index in [4.69, 9.17) is 15.2 Å². The number of amides is 2. The van der Waals surface area contributed by atoms with Crippen molar-refractivity contribution in [2.45, 2.75) is 45.2 Å². The van der Waals surface area contributed by atoms with Crippen molar-refractivity contribution in [3.63, 3.8) is 0 Å². The molecule has 2 atom stereocenters. The number of hydrogen-bond acceptors (Lipinski definition) is 5. The van der Waals surface area contributed by atoms with Gasteiger partial charge in [0.15, 0.2) is 11.5 Å². The fourth-order valence-corrected chi connectivity index (χ4v) is 3.40. The van der Waals surface area contributed by atoms with Gasteiger partial charge in [-0.2, -0.15) is 0 Å². The lowest BCUT2D eigenvalue weighted by atomic mass is 9.97. The molecule has 25 heavy (non-hydrogen) atoms. The summed E-state index contributed by atoms with van der Waals surface area (Å²) in [7, 11) is 2.99. The summed E-state index contributed by atoms with van der Waals surface area (Å²) in [6.07, 6.45) is 3.17. The number of carbonyl (C=O) groups is 2. The molecule has 0 aliphatic carbocycles. The molecular weight excluding hydrogens is 322 g/mol. The van der Waals surface area contributed by atoms with Gasteiger partial charge in [-0.15, -0.1) is 0 Å². The largest absolute Gasteiger partial charge is 0.493 e. The summed E-state index contributed by atoms with van der Waals surface area (Å²) in [5, 5.41) is 3.03. The second kappa shape index (κ2) is 8.09. The number of ether oxygens (including phenoxy) is 2. The summed E-state index contributed by atoms with van der Waals surface area (Å²) in [4.78, 5) is 26.3. The highest BCUT2D eigenvalue weighted by Gasteiger charge is 2.28. The molecule has 0 saturated carbocycles. The van der Waals surface area contributed by atoms with E-state index in [9.17, 15) is 9.59 Å². The van der Waals surface area contributed by atoms with Crippen molar-refractivity contribution in [2.24, 2.45) is 5.73 Å². The van der Waals surface area contributed by atoms with Crippen LogP contribution in [-0.4, -0.2) is 49.6 Å². The Morgan fingerprint density at radius 2 is 1.72 bits per heavy atom. The Hall–Kier alpha value is -2.44. The van der Waals surface area contributed by atoms with Crippen LogP contribution < -0.4 is 20.5 Å². The number of benzene rings is 1. The molecule has 1 aromatic carbocycles. The molecule has 0 spiro atoms. The van der Waals surface area contributed by atoms with Crippen LogP contribution in [0.25, 0.3) is 0 Å². The quantitative estimate of drug-likeness (QED) is 0.819. The SMILES string of the molecule is COc1cc(NCC(=O)N2[C@H](C)CCC[C@H]2C)c(C(N)=O)cc1OC. The van der Waals surface area contributed by atoms with Gasteiger partial charge in [0, 0.05) is 18.2 Å². The normalized spacial score (nSPS) is 20.1. The van der Waals surface area contributed by atoms with Gasteiger partial charge in [0.1, 0.15) is 0 Å². The number of anilines is 1. The minimum atomic E-state index is -0.601. The smallest absolute Gasteiger partial charge is 0.250 e. The van der Waals surface area contributed by atoms with Crippen LogP contribution in [0.1, 0.15) is 43.5 Å². The van der Waals surface area contributed by atoms with E-state index in [1.54, 1.807) is 6.07 Å². The first kappa shape index (κ1) is 18.9. The van der Waals surface area contributed by atoms with Gasteiger partial charge in [0.2, 0.25) is 5.91 Å². The molecule has 1 fully saturated rings. The van der Waals surface area contributed by atoms with E-state index in [0.29, 0.717) is 17.2 Å². The Morgan fingerprint density at radius 1 is 1.16 bits per heavy atom. The van der Waals surface area contributed by atoms with Gasteiger partial charge >= 0.3 is 0 Å². The predicted molar refractivity (Wildman–Crippen MR) is 96.2 cm³/mol. The van der Waals surface area contributed by atoms with Crippen LogP contribution in [0.4, 0.5) is 5.69 Å². The molecule has 1 aliphatic heterocycles. The molecule has 2 amide bonds. The van der Waals surface area contributed by atoms with E-state index in [-0.39, 0.29) is 30.1 Å². The molecule has 1 aromatic rings. The fraction of sp³-hybridized carbons (Fsp3) is 0.556. The molecular formula is C18H27N3O4. The number of nitrogens with one attached hydrogen (secondary N) is 1. The van der Waals surface area contributed by atoms with Crippen molar-refractivity contribution in [3.05, 3.63) is 17.7 Å². The number of hydrogen-bond donors (Lipinski definition) is 2. The average Bonchev–Trinajstić information content (AvgIpc) is 2.58. The summed E-state index contributed by atoms with van der Waals surface area (Å²) in [5.41, 5.74) is 6.16. The van der Waals surface area contributed by atoms with Gasteiger partial charge in [-0.05, 0) is 39.2 Å². The zero-order chi connectivity index (χ0) is 18.6. The highest BCUT2D eigenvalue weighted by Crippen LogP contribution is 2.33. The van der Waals surface area contributed by atoms with Crippen molar-refractivity contribution in [1.29, 1.82) is 0 Å². The lowest BCUT2D eigenvalue weighted by molar-refractivity contribution is -0.135. The van der Waals surface area contributed by atoms with Crippen LogP contribution in [0.5, 0.6) is 11.5 Å². The van der Waals surface area contributed by atoms with Gasteiger partial charge in [0.25, 0.3) is 5.91 Å². The first-order chi connectivity index (χ1) is 11.9. The maximum atomic E-state index is 12.6. The second-order valence-corrected chi connectivity index (χ2v) is 6.40. The summed E-state index contributed by atoms with van der Waals surface area (Å²) in [6, 6.07) is 3.58. The third-order valence-electron chi connectivity index (χ3n) is 4.70. The van der Waals surface area contributed by atoms with Gasteiger partial charge in [-0.25, -0.2) is 0 Å². The molecule has 2 rings (SSSR count). The monoisotopic (exact) mass is 349 g/mol. The summed E-state index contributed by atoms with van der Waals surface area (Å²) < 4.78 is 10.5. The lowest BCUT2D eigenvalue weighted by Crippen LogP contribution is -2.49. The van der Waals surface area contributed by atoms with Crippen LogP contribution in [-0.2, 0) is 4.79 Å². The molecule has 0 bridgehead atoms. The van der Waals surface area contributed by atoms with E-state index in [0.717, 1.165) is 19.3 Å². The number of piperidine rings is 1. The second-order valence-electron chi connectivity index (χ2n) is 6.40. The summed E-state index contributed by atoms with van der Waals surface area (Å²) in [5.74, 6) is 0.272. The van der Waals surface area contributed by atoms with Gasteiger partial charge in [-0.3, -0.25) is 9.59 Å². The number of likely N-dealkylation sites (tertiary alicyclic amines) is 1. The number of nitrogens with two attached hydrogens (primary N) is 1. The number of rotatable bonds is 6. The minimum Gasteiger partial charge on any atom is -0.493 e. The van der Waals surface area contributed by atoms with Crippen molar-refractivity contribution < 1.29 is 19.1 Å². The van der Waals surface area contributed by atoms with E-state index >= 15 is 0 Å². The van der Waals surface area contributed by atoms with E-state index in [1.165, 1.54) is 20.3 Å². The minimum absolute atomic E-state index is 0.00454. The predicted octanol–water partition coefficient (Wildman–Crippen LogP) is 2.00. The van der Waals surface area contributed by atoms with E-state index in [1.807, 2.05) is 4.90 Å². The van der Waals surface area contributed by atoms with Crippen molar-refractivity contribution in [2.75, 3.05) is 26.1 Å². The zero-order valence-corrected chi connectivity index (χ0v) is 15.3. The van der Waals surface area contributed by atoms with Crippen molar-refractivity contribution in [1.82, 2.24) is 4.90 Å². The summed E-state index contributed by atoms with van der Waals surface area (Å²) >= 11 is 0. The van der Waals surface area contributed by atoms with Crippen molar-refractivity contribution >= 4 is 17.5 Å². The highest BCUT2D eigenvalue weighted by atomic mass is 16.5. The number of carbonyl (C=O) groups excluding carboxylic acids is 2. The number of primary amides is 1. The third-order valence-corrected chi connectivity index (χ3v) is 4.70. The Kier molecular flexibility index (Phi) is 6.12.